The predicted molar refractivity (Wildman–Crippen MR) is 76.9 cm³/mol. The third-order valence-corrected chi connectivity index (χ3v) is 2.67. The number of hydrogen-bond donors (Lipinski definition) is 2. The second-order valence-electron chi connectivity index (χ2n) is 4.44. The van der Waals surface area contributed by atoms with Gasteiger partial charge in [-0.2, -0.15) is 0 Å². The summed E-state index contributed by atoms with van der Waals surface area (Å²) in [4.78, 5) is 23.0. The molecule has 0 heterocycles. The number of benzene rings is 1. The summed E-state index contributed by atoms with van der Waals surface area (Å²) in [5, 5.41) is 5.51. The van der Waals surface area contributed by atoms with E-state index in [4.69, 9.17) is 9.47 Å². The third kappa shape index (κ3) is 4.64. The average molecular weight is 280 g/mol. The molecule has 6 heteroatoms. The molecule has 0 radical (unpaired) electrons. The molecule has 0 fully saturated rings. The van der Waals surface area contributed by atoms with E-state index in [1.165, 1.54) is 14.2 Å². The lowest BCUT2D eigenvalue weighted by Crippen LogP contribution is -2.19. The van der Waals surface area contributed by atoms with Crippen LogP contribution in [0.5, 0.6) is 0 Å². The van der Waals surface area contributed by atoms with Crippen molar-refractivity contribution in [2.75, 3.05) is 38.1 Å². The second-order valence-corrected chi connectivity index (χ2v) is 4.44. The van der Waals surface area contributed by atoms with E-state index in [2.05, 4.69) is 10.6 Å². The Bertz CT molecular complexity index is 454. The van der Waals surface area contributed by atoms with Gasteiger partial charge >= 0.3 is 0 Å². The maximum absolute atomic E-state index is 11.5. The molecule has 1 aromatic rings. The van der Waals surface area contributed by atoms with Crippen molar-refractivity contribution in [1.29, 1.82) is 0 Å². The largest absolute Gasteiger partial charge is 0.375 e. The molecule has 0 saturated heterocycles. The maximum Gasteiger partial charge on any atom is 0.250 e. The minimum Gasteiger partial charge on any atom is -0.375 e. The van der Waals surface area contributed by atoms with E-state index in [0.29, 0.717) is 11.4 Å². The monoisotopic (exact) mass is 280 g/mol. The fourth-order valence-electron chi connectivity index (χ4n) is 1.72. The van der Waals surface area contributed by atoms with Crippen LogP contribution in [0.4, 0.5) is 11.4 Å². The molecule has 0 aliphatic rings. The molecule has 0 spiro atoms. The number of hydrogen-bond acceptors (Lipinski definition) is 4. The van der Waals surface area contributed by atoms with Gasteiger partial charge in [0.05, 0.1) is 0 Å². The third-order valence-electron chi connectivity index (χ3n) is 2.67. The standard InChI is InChI=1S/C14H20N2O4/c1-9-5-12(16-14(18)8-20-4)10(2)6-11(9)15-13(17)7-19-3/h5-6H,7-8H2,1-4H3,(H,15,17)(H,16,18). The Balaban J connectivity index is 2.85. The molecule has 0 saturated carbocycles. The molecule has 6 nitrogen and oxygen atoms in total. The van der Waals surface area contributed by atoms with Gasteiger partial charge in [0, 0.05) is 25.6 Å². The van der Waals surface area contributed by atoms with E-state index in [9.17, 15) is 9.59 Å². The van der Waals surface area contributed by atoms with Gasteiger partial charge in [0.25, 0.3) is 0 Å². The van der Waals surface area contributed by atoms with Crippen molar-refractivity contribution in [3.63, 3.8) is 0 Å². The van der Waals surface area contributed by atoms with Crippen LogP contribution in [0.1, 0.15) is 11.1 Å². The lowest BCUT2D eigenvalue weighted by atomic mass is 10.1. The number of aryl methyl sites for hydroxylation is 2. The SMILES string of the molecule is COCC(=O)Nc1cc(C)c(NC(=O)COC)cc1C. The molecule has 1 aromatic carbocycles. The van der Waals surface area contributed by atoms with E-state index in [1.807, 2.05) is 26.0 Å². The Hall–Kier alpha value is -1.92. The van der Waals surface area contributed by atoms with Crippen LogP contribution in [0.25, 0.3) is 0 Å². The number of carbonyl (C=O) groups excluding carboxylic acids is 2. The molecule has 1 rings (SSSR count). The van der Waals surface area contributed by atoms with E-state index in [0.717, 1.165) is 11.1 Å². The van der Waals surface area contributed by atoms with Crippen LogP contribution >= 0.6 is 0 Å². The highest BCUT2D eigenvalue weighted by molar-refractivity contribution is 5.95. The maximum atomic E-state index is 11.5. The van der Waals surface area contributed by atoms with Crippen molar-refractivity contribution in [1.82, 2.24) is 0 Å². The van der Waals surface area contributed by atoms with Crippen molar-refractivity contribution in [2.24, 2.45) is 0 Å². The first kappa shape index (κ1) is 16.1. The molecule has 0 aliphatic heterocycles. The highest BCUT2D eigenvalue weighted by Crippen LogP contribution is 2.24. The first-order valence-corrected chi connectivity index (χ1v) is 6.16. The van der Waals surface area contributed by atoms with E-state index in [1.54, 1.807) is 0 Å². The Kier molecular flexibility index (Phi) is 6.14. The second kappa shape index (κ2) is 7.62. The molecule has 2 N–H and O–H groups in total. The summed E-state index contributed by atoms with van der Waals surface area (Å²) in [7, 11) is 2.93. The molecule has 0 aliphatic carbocycles. The summed E-state index contributed by atoms with van der Waals surface area (Å²) in [5.74, 6) is -0.433. The predicted octanol–water partition coefficient (Wildman–Crippen LogP) is 1.47. The number of anilines is 2. The summed E-state index contributed by atoms with van der Waals surface area (Å²) < 4.78 is 9.53. The molecule has 0 unspecified atom stereocenters. The van der Waals surface area contributed by atoms with Gasteiger partial charge in [-0.05, 0) is 37.1 Å². The van der Waals surface area contributed by atoms with E-state index < -0.39 is 0 Å². The van der Waals surface area contributed by atoms with Crippen LogP contribution in [-0.2, 0) is 19.1 Å². The molecule has 0 atom stereocenters. The lowest BCUT2D eigenvalue weighted by molar-refractivity contribution is -0.120. The fourth-order valence-corrected chi connectivity index (χ4v) is 1.72. The first-order chi connectivity index (χ1) is 9.47. The number of rotatable bonds is 6. The quantitative estimate of drug-likeness (QED) is 0.827. The molecular formula is C14H20N2O4. The average Bonchev–Trinajstić information content (AvgIpc) is 2.36. The van der Waals surface area contributed by atoms with Crippen molar-refractivity contribution >= 4 is 23.2 Å². The summed E-state index contributed by atoms with van der Waals surface area (Å²) in [6.45, 7) is 3.72. The topological polar surface area (TPSA) is 76.7 Å². The lowest BCUT2D eigenvalue weighted by Gasteiger charge is -2.14. The molecule has 110 valence electrons. The Morgan fingerprint density at radius 3 is 1.55 bits per heavy atom. The fraction of sp³-hybridized carbons (Fsp3) is 0.429. The molecule has 0 aromatic heterocycles. The number of nitrogens with one attached hydrogen (secondary N) is 2. The molecule has 2 amide bonds. The van der Waals surface area contributed by atoms with Gasteiger partial charge in [-0.3, -0.25) is 9.59 Å². The van der Waals surface area contributed by atoms with Gasteiger partial charge in [-0.25, -0.2) is 0 Å². The highest BCUT2D eigenvalue weighted by Gasteiger charge is 2.09. The summed E-state index contributed by atoms with van der Waals surface area (Å²) in [6.07, 6.45) is 0. The number of methoxy groups -OCH3 is 2. The normalized spacial score (nSPS) is 10.2. The highest BCUT2D eigenvalue weighted by atomic mass is 16.5. The van der Waals surface area contributed by atoms with Gasteiger partial charge in [0.2, 0.25) is 11.8 Å². The van der Waals surface area contributed by atoms with Crippen LogP contribution in [0.2, 0.25) is 0 Å². The minimum absolute atomic E-state index is 0.00478. The van der Waals surface area contributed by atoms with Crippen molar-refractivity contribution < 1.29 is 19.1 Å². The zero-order valence-corrected chi connectivity index (χ0v) is 12.2. The van der Waals surface area contributed by atoms with Crippen LogP contribution in [0, 0.1) is 13.8 Å². The van der Waals surface area contributed by atoms with Gasteiger partial charge in [0.15, 0.2) is 0 Å². The van der Waals surface area contributed by atoms with Crippen LogP contribution < -0.4 is 10.6 Å². The van der Waals surface area contributed by atoms with Crippen LogP contribution in [0.15, 0.2) is 12.1 Å². The van der Waals surface area contributed by atoms with E-state index >= 15 is 0 Å². The zero-order chi connectivity index (χ0) is 15.1. The van der Waals surface area contributed by atoms with Crippen molar-refractivity contribution in [3.8, 4) is 0 Å². The first-order valence-electron chi connectivity index (χ1n) is 6.16. The van der Waals surface area contributed by atoms with Crippen molar-refractivity contribution in [2.45, 2.75) is 13.8 Å². The van der Waals surface area contributed by atoms with Gasteiger partial charge in [-0.1, -0.05) is 0 Å². The van der Waals surface area contributed by atoms with Gasteiger partial charge < -0.3 is 20.1 Å². The van der Waals surface area contributed by atoms with E-state index in [-0.39, 0.29) is 25.0 Å². The number of carbonyl (C=O) groups is 2. The number of ether oxygens (including phenoxy) is 2. The molecular weight excluding hydrogens is 260 g/mol. The van der Waals surface area contributed by atoms with Gasteiger partial charge in [0.1, 0.15) is 13.2 Å². The summed E-state index contributed by atoms with van der Waals surface area (Å²) in [6, 6.07) is 3.62. The summed E-state index contributed by atoms with van der Waals surface area (Å²) in [5.41, 5.74) is 3.11. The minimum atomic E-state index is -0.217. The number of amides is 2. The Morgan fingerprint density at radius 2 is 1.25 bits per heavy atom. The zero-order valence-electron chi connectivity index (χ0n) is 12.2. The van der Waals surface area contributed by atoms with Crippen LogP contribution in [-0.4, -0.2) is 39.2 Å². The summed E-state index contributed by atoms with van der Waals surface area (Å²) >= 11 is 0. The van der Waals surface area contributed by atoms with Gasteiger partial charge in [-0.15, -0.1) is 0 Å². The Labute approximate surface area is 118 Å². The van der Waals surface area contributed by atoms with Crippen molar-refractivity contribution in [3.05, 3.63) is 23.3 Å². The molecule has 20 heavy (non-hydrogen) atoms. The smallest absolute Gasteiger partial charge is 0.250 e. The van der Waals surface area contributed by atoms with Crippen LogP contribution in [0.3, 0.4) is 0 Å². The Morgan fingerprint density at radius 1 is 0.900 bits per heavy atom. The molecule has 0 bridgehead atoms.